The van der Waals surface area contributed by atoms with Crippen molar-refractivity contribution in [1.29, 1.82) is 0 Å². The number of anilines is 2. The van der Waals surface area contributed by atoms with E-state index in [0.29, 0.717) is 24.3 Å². The fraction of sp³-hybridized carbons (Fsp3) is 0.176. The highest BCUT2D eigenvalue weighted by atomic mass is 79.9. The molecule has 1 aliphatic heterocycles. The van der Waals surface area contributed by atoms with Gasteiger partial charge in [0.15, 0.2) is 6.61 Å². The summed E-state index contributed by atoms with van der Waals surface area (Å²) in [5.74, 6) is 0.445. The fourth-order valence-corrected chi connectivity index (χ4v) is 2.56. The summed E-state index contributed by atoms with van der Waals surface area (Å²) < 4.78 is 6.28. The summed E-state index contributed by atoms with van der Waals surface area (Å²) in [6.45, 7) is 0.0436. The number of ether oxygens (including phenoxy) is 1. The number of nitrogens with one attached hydrogen (secondary N) is 2. The molecule has 0 aromatic heterocycles. The normalized spacial score (nSPS) is 12.8. The number of fused-ring (bicyclic) bond motifs is 1. The molecule has 2 aromatic carbocycles. The molecule has 0 spiro atoms. The van der Waals surface area contributed by atoms with Crippen LogP contribution in [-0.2, 0) is 16.0 Å². The highest BCUT2D eigenvalue weighted by Crippen LogP contribution is 2.28. The summed E-state index contributed by atoms with van der Waals surface area (Å²) in [7, 11) is 0. The van der Waals surface area contributed by atoms with Gasteiger partial charge in [-0.1, -0.05) is 22.0 Å². The molecule has 3 rings (SSSR count). The first-order valence-electron chi connectivity index (χ1n) is 7.21. The highest BCUT2D eigenvalue weighted by molar-refractivity contribution is 9.10. The van der Waals surface area contributed by atoms with Crippen LogP contribution in [0.25, 0.3) is 0 Å². The molecular weight excluding hydrogens is 360 g/mol. The molecule has 0 aliphatic carbocycles. The minimum atomic E-state index is -0.164. The van der Waals surface area contributed by atoms with E-state index in [9.17, 15) is 9.59 Å². The molecule has 2 amide bonds. The monoisotopic (exact) mass is 374 g/mol. The molecule has 6 heteroatoms. The van der Waals surface area contributed by atoms with Gasteiger partial charge in [0.25, 0.3) is 5.91 Å². The van der Waals surface area contributed by atoms with E-state index < -0.39 is 0 Å². The van der Waals surface area contributed by atoms with E-state index in [1.807, 2.05) is 42.5 Å². The maximum absolute atomic E-state index is 12.0. The van der Waals surface area contributed by atoms with Crippen molar-refractivity contribution in [2.75, 3.05) is 17.2 Å². The molecule has 0 fully saturated rings. The van der Waals surface area contributed by atoms with Crippen molar-refractivity contribution in [1.82, 2.24) is 0 Å². The SMILES string of the molecule is O=C(CCc1ccc2c(c1)NC(=O)CO2)Nc1ccc(Br)cc1. The van der Waals surface area contributed by atoms with Gasteiger partial charge in [0, 0.05) is 16.6 Å². The van der Waals surface area contributed by atoms with Crippen molar-refractivity contribution in [3.63, 3.8) is 0 Å². The van der Waals surface area contributed by atoms with Gasteiger partial charge < -0.3 is 15.4 Å². The summed E-state index contributed by atoms with van der Waals surface area (Å²) in [5.41, 5.74) is 2.40. The minimum absolute atomic E-state index is 0.0436. The first kappa shape index (κ1) is 15.6. The van der Waals surface area contributed by atoms with Gasteiger partial charge in [0.1, 0.15) is 5.75 Å². The van der Waals surface area contributed by atoms with Crippen molar-refractivity contribution in [3.05, 3.63) is 52.5 Å². The van der Waals surface area contributed by atoms with Crippen LogP contribution in [0.2, 0.25) is 0 Å². The van der Waals surface area contributed by atoms with Gasteiger partial charge >= 0.3 is 0 Å². The number of carbonyl (C=O) groups is 2. The van der Waals surface area contributed by atoms with Crippen LogP contribution in [0.15, 0.2) is 46.9 Å². The number of benzene rings is 2. The van der Waals surface area contributed by atoms with Gasteiger partial charge in [-0.2, -0.15) is 0 Å². The zero-order valence-electron chi connectivity index (χ0n) is 12.3. The van der Waals surface area contributed by atoms with Gasteiger partial charge in [-0.05, 0) is 48.4 Å². The lowest BCUT2D eigenvalue weighted by atomic mass is 10.1. The van der Waals surface area contributed by atoms with Crippen LogP contribution in [0.5, 0.6) is 5.75 Å². The molecule has 1 heterocycles. The topological polar surface area (TPSA) is 67.4 Å². The number of rotatable bonds is 4. The number of aryl methyl sites for hydroxylation is 1. The van der Waals surface area contributed by atoms with Crippen LogP contribution in [0.4, 0.5) is 11.4 Å². The van der Waals surface area contributed by atoms with E-state index in [1.165, 1.54) is 0 Å². The second-order valence-corrected chi connectivity index (χ2v) is 6.14. The lowest BCUT2D eigenvalue weighted by molar-refractivity contribution is -0.118. The third-order valence-corrected chi connectivity index (χ3v) is 3.97. The Hall–Kier alpha value is -2.34. The predicted molar refractivity (Wildman–Crippen MR) is 91.7 cm³/mol. The molecule has 0 unspecified atom stereocenters. The molecule has 0 saturated heterocycles. The maximum atomic E-state index is 12.0. The van der Waals surface area contributed by atoms with Crippen LogP contribution in [0, 0.1) is 0 Å². The number of hydrogen-bond acceptors (Lipinski definition) is 3. The van der Waals surface area contributed by atoms with Crippen molar-refractivity contribution in [3.8, 4) is 5.75 Å². The van der Waals surface area contributed by atoms with E-state index in [1.54, 1.807) is 0 Å². The van der Waals surface area contributed by atoms with Crippen molar-refractivity contribution in [2.24, 2.45) is 0 Å². The molecule has 0 bridgehead atoms. The Bertz CT molecular complexity index is 744. The van der Waals surface area contributed by atoms with Crippen LogP contribution >= 0.6 is 15.9 Å². The Morgan fingerprint density at radius 2 is 2.00 bits per heavy atom. The van der Waals surface area contributed by atoms with Gasteiger partial charge in [-0.25, -0.2) is 0 Å². The second-order valence-electron chi connectivity index (χ2n) is 5.22. The minimum Gasteiger partial charge on any atom is -0.482 e. The first-order valence-corrected chi connectivity index (χ1v) is 8.00. The van der Waals surface area contributed by atoms with E-state index in [2.05, 4.69) is 26.6 Å². The Balaban J connectivity index is 1.57. The van der Waals surface area contributed by atoms with E-state index >= 15 is 0 Å². The summed E-state index contributed by atoms with van der Waals surface area (Å²) in [4.78, 5) is 23.3. The quantitative estimate of drug-likeness (QED) is 0.861. The third-order valence-electron chi connectivity index (χ3n) is 3.45. The number of halogens is 1. The van der Waals surface area contributed by atoms with E-state index in [-0.39, 0.29) is 18.4 Å². The zero-order valence-corrected chi connectivity index (χ0v) is 13.9. The van der Waals surface area contributed by atoms with Gasteiger partial charge in [-0.3, -0.25) is 9.59 Å². The predicted octanol–water partition coefficient (Wildman–Crippen LogP) is 3.35. The number of amides is 2. The van der Waals surface area contributed by atoms with E-state index in [4.69, 9.17) is 4.74 Å². The zero-order chi connectivity index (χ0) is 16.2. The molecule has 2 N–H and O–H groups in total. The fourth-order valence-electron chi connectivity index (χ4n) is 2.30. The Morgan fingerprint density at radius 3 is 2.78 bits per heavy atom. The number of carbonyl (C=O) groups excluding carboxylic acids is 2. The largest absolute Gasteiger partial charge is 0.482 e. The Labute approximate surface area is 142 Å². The maximum Gasteiger partial charge on any atom is 0.262 e. The second kappa shape index (κ2) is 6.83. The van der Waals surface area contributed by atoms with Crippen LogP contribution in [0.3, 0.4) is 0 Å². The molecule has 0 atom stereocenters. The highest BCUT2D eigenvalue weighted by Gasteiger charge is 2.16. The standard InChI is InChI=1S/C17H15BrN2O3/c18-12-3-5-13(6-4-12)19-16(21)8-2-11-1-7-15-14(9-11)20-17(22)10-23-15/h1,3-7,9H,2,8,10H2,(H,19,21)(H,20,22). The van der Waals surface area contributed by atoms with Crippen molar-refractivity contribution >= 4 is 39.1 Å². The van der Waals surface area contributed by atoms with E-state index in [0.717, 1.165) is 15.7 Å². The molecular formula is C17H15BrN2O3. The van der Waals surface area contributed by atoms with Crippen molar-refractivity contribution in [2.45, 2.75) is 12.8 Å². The van der Waals surface area contributed by atoms with Gasteiger partial charge in [0.05, 0.1) is 5.69 Å². The van der Waals surface area contributed by atoms with Gasteiger partial charge in [0.2, 0.25) is 5.91 Å². The third kappa shape index (κ3) is 4.10. The summed E-state index contributed by atoms with van der Waals surface area (Å²) in [6, 6.07) is 13.0. The molecule has 23 heavy (non-hydrogen) atoms. The Morgan fingerprint density at radius 1 is 1.22 bits per heavy atom. The van der Waals surface area contributed by atoms with Crippen LogP contribution in [-0.4, -0.2) is 18.4 Å². The molecule has 5 nitrogen and oxygen atoms in total. The number of hydrogen-bond donors (Lipinski definition) is 2. The molecule has 1 aliphatic rings. The van der Waals surface area contributed by atoms with Crippen molar-refractivity contribution < 1.29 is 14.3 Å². The molecule has 0 radical (unpaired) electrons. The average molecular weight is 375 g/mol. The lowest BCUT2D eigenvalue weighted by Crippen LogP contribution is -2.25. The Kier molecular flexibility index (Phi) is 4.62. The van der Waals surface area contributed by atoms with Gasteiger partial charge in [-0.15, -0.1) is 0 Å². The van der Waals surface area contributed by atoms with Crippen LogP contribution in [0.1, 0.15) is 12.0 Å². The lowest BCUT2D eigenvalue weighted by Gasteiger charge is -2.18. The molecule has 118 valence electrons. The summed E-state index contributed by atoms with van der Waals surface area (Å²) in [6.07, 6.45) is 0.954. The first-order chi connectivity index (χ1) is 11.1. The molecule has 2 aromatic rings. The average Bonchev–Trinajstić information content (AvgIpc) is 2.54. The van der Waals surface area contributed by atoms with Crippen LogP contribution < -0.4 is 15.4 Å². The smallest absolute Gasteiger partial charge is 0.262 e. The molecule has 0 saturated carbocycles. The summed E-state index contributed by atoms with van der Waals surface area (Å²) >= 11 is 3.35. The summed E-state index contributed by atoms with van der Waals surface area (Å²) in [5, 5.41) is 5.62.